The molecule has 8 heteroatoms. The molecule has 1 aromatic heterocycles. The Morgan fingerprint density at radius 3 is 2.44 bits per heavy atom. The zero-order valence-corrected chi connectivity index (χ0v) is 20.2. The first-order chi connectivity index (χ1) is 17.3. The zero-order valence-electron chi connectivity index (χ0n) is 20.2. The van der Waals surface area contributed by atoms with Crippen molar-refractivity contribution >= 4 is 23.4 Å². The Balaban J connectivity index is 1.73. The molecule has 1 aliphatic heterocycles. The van der Waals surface area contributed by atoms with E-state index in [9.17, 15) is 19.5 Å². The SMILES string of the molecule is COc1cccc(/C(O)=C2\C(=O)C(=O)N(Cc3ccc(C(=O)OC(C)C)cc3)C2c2cccnc2)c1. The van der Waals surface area contributed by atoms with Gasteiger partial charge in [-0.3, -0.25) is 14.6 Å². The Labute approximate surface area is 208 Å². The van der Waals surface area contributed by atoms with Gasteiger partial charge in [-0.15, -0.1) is 0 Å². The minimum atomic E-state index is -0.851. The number of ether oxygens (including phenoxy) is 2. The summed E-state index contributed by atoms with van der Waals surface area (Å²) in [6.45, 7) is 3.62. The van der Waals surface area contributed by atoms with Crippen molar-refractivity contribution in [3.05, 3.63) is 101 Å². The molecule has 1 atom stereocenters. The van der Waals surface area contributed by atoms with Gasteiger partial charge in [0.05, 0.1) is 30.4 Å². The van der Waals surface area contributed by atoms with Gasteiger partial charge in [0.1, 0.15) is 11.5 Å². The number of carbonyl (C=O) groups is 3. The van der Waals surface area contributed by atoms with Crippen LogP contribution in [-0.4, -0.2) is 45.9 Å². The van der Waals surface area contributed by atoms with Crippen LogP contribution in [0.25, 0.3) is 5.76 Å². The average Bonchev–Trinajstić information content (AvgIpc) is 3.13. The second-order valence-electron chi connectivity index (χ2n) is 8.60. The zero-order chi connectivity index (χ0) is 25.8. The summed E-state index contributed by atoms with van der Waals surface area (Å²) in [5, 5.41) is 11.2. The molecular formula is C28H26N2O6. The molecular weight excluding hydrogens is 460 g/mol. The van der Waals surface area contributed by atoms with Gasteiger partial charge in [0.2, 0.25) is 0 Å². The lowest BCUT2D eigenvalue weighted by Crippen LogP contribution is -2.29. The van der Waals surface area contributed by atoms with E-state index in [0.29, 0.717) is 28.0 Å². The number of likely N-dealkylation sites (tertiary alicyclic amines) is 1. The highest BCUT2D eigenvalue weighted by molar-refractivity contribution is 6.46. The van der Waals surface area contributed by atoms with E-state index < -0.39 is 23.7 Å². The molecule has 2 heterocycles. The fourth-order valence-electron chi connectivity index (χ4n) is 4.08. The van der Waals surface area contributed by atoms with E-state index in [-0.39, 0.29) is 24.0 Å². The van der Waals surface area contributed by atoms with Gasteiger partial charge in [0, 0.05) is 24.5 Å². The van der Waals surface area contributed by atoms with Crippen LogP contribution in [0.15, 0.2) is 78.6 Å². The van der Waals surface area contributed by atoms with Crippen LogP contribution >= 0.6 is 0 Å². The van der Waals surface area contributed by atoms with Crippen LogP contribution in [0.3, 0.4) is 0 Å². The molecule has 0 bridgehead atoms. The van der Waals surface area contributed by atoms with Crippen LogP contribution in [-0.2, 0) is 20.9 Å². The second kappa shape index (κ2) is 10.4. The molecule has 184 valence electrons. The summed E-state index contributed by atoms with van der Waals surface area (Å²) in [6, 6.07) is 15.9. The lowest BCUT2D eigenvalue weighted by molar-refractivity contribution is -0.140. The van der Waals surface area contributed by atoms with Crippen LogP contribution in [0.1, 0.15) is 46.9 Å². The number of rotatable bonds is 7. The Hall–Kier alpha value is -4.46. The maximum Gasteiger partial charge on any atom is 0.338 e. The Bertz CT molecular complexity index is 1320. The van der Waals surface area contributed by atoms with E-state index in [1.165, 1.54) is 12.0 Å². The van der Waals surface area contributed by atoms with Gasteiger partial charge in [0.15, 0.2) is 0 Å². The summed E-state index contributed by atoms with van der Waals surface area (Å²) in [4.78, 5) is 44.1. The summed E-state index contributed by atoms with van der Waals surface area (Å²) in [6.07, 6.45) is 2.91. The van der Waals surface area contributed by atoms with E-state index in [1.54, 1.807) is 86.9 Å². The number of esters is 1. The number of nitrogens with zero attached hydrogens (tertiary/aromatic N) is 2. The van der Waals surface area contributed by atoms with Gasteiger partial charge in [-0.25, -0.2) is 4.79 Å². The van der Waals surface area contributed by atoms with Gasteiger partial charge in [-0.1, -0.05) is 30.3 Å². The number of Topliss-reactive ketones (excluding diaryl/α,β-unsaturated/α-hetero) is 1. The van der Waals surface area contributed by atoms with Crippen LogP contribution < -0.4 is 4.74 Å². The van der Waals surface area contributed by atoms with Crippen LogP contribution in [0.5, 0.6) is 5.75 Å². The third kappa shape index (κ3) is 4.98. The van der Waals surface area contributed by atoms with Crippen molar-refractivity contribution in [2.24, 2.45) is 0 Å². The highest BCUT2D eigenvalue weighted by Crippen LogP contribution is 2.40. The first-order valence-corrected chi connectivity index (χ1v) is 11.4. The molecule has 4 rings (SSSR count). The summed E-state index contributed by atoms with van der Waals surface area (Å²) < 4.78 is 10.5. The van der Waals surface area contributed by atoms with E-state index in [2.05, 4.69) is 4.98 Å². The largest absolute Gasteiger partial charge is 0.507 e. The fraction of sp³-hybridized carbons (Fsp3) is 0.214. The van der Waals surface area contributed by atoms with Crippen molar-refractivity contribution in [3.8, 4) is 5.75 Å². The molecule has 0 radical (unpaired) electrons. The quantitative estimate of drug-likeness (QED) is 0.230. The Morgan fingerprint density at radius 1 is 1.06 bits per heavy atom. The molecule has 8 nitrogen and oxygen atoms in total. The summed E-state index contributed by atoms with van der Waals surface area (Å²) >= 11 is 0. The number of pyridine rings is 1. The highest BCUT2D eigenvalue weighted by Gasteiger charge is 2.46. The molecule has 0 spiro atoms. The lowest BCUT2D eigenvalue weighted by atomic mass is 9.96. The second-order valence-corrected chi connectivity index (χ2v) is 8.60. The number of methoxy groups -OCH3 is 1. The molecule has 1 fully saturated rings. The summed E-state index contributed by atoms with van der Waals surface area (Å²) in [5.41, 5.74) is 2.00. The topological polar surface area (TPSA) is 106 Å². The molecule has 2 aromatic carbocycles. The molecule has 0 saturated carbocycles. The van der Waals surface area contributed by atoms with Crippen molar-refractivity contribution in [2.45, 2.75) is 32.5 Å². The monoisotopic (exact) mass is 486 g/mol. The molecule has 3 aromatic rings. The molecule has 1 saturated heterocycles. The minimum Gasteiger partial charge on any atom is -0.507 e. The number of amides is 1. The molecule has 1 amide bonds. The minimum absolute atomic E-state index is 0.0293. The highest BCUT2D eigenvalue weighted by atomic mass is 16.5. The van der Waals surface area contributed by atoms with E-state index in [0.717, 1.165) is 0 Å². The number of ketones is 1. The van der Waals surface area contributed by atoms with Crippen LogP contribution in [0.2, 0.25) is 0 Å². The smallest absolute Gasteiger partial charge is 0.338 e. The maximum absolute atomic E-state index is 13.2. The third-order valence-corrected chi connectivity index (χ3v) is 5.77. The standard InChI is InChI=1S/C28H26N2O6/c1-17(2)36-28(34)19-11-9-18(10-12-19)16-30-24(21-7-5-13-29-15-21)23(26(32)27(30)33)25(31)20-6-4-8-22(14-20)35-3/h4-15,17,24,31H,16H2,1-3H3/b25-23+. The number of benzene rings is 2. The fourth-order valence-corrected chi connectivity index (χ4v) is 4.08. The molecule has 1 N–H and O–H groups in total. The normalized spacial score (nSPS) is 16.9. The Kier molecular flexibility index (Phi) is 7.15. The average molecular weight is 487 g/mol. The number of hydrogen-bond acceptors (Lipinski definition) is 7. The summed E-state index contributed by atoms with van der Waals surface area (Å²) in [7, 11) is 1.50. The third-order valence-electron chi connectivity index (χ3n) is 5.77. The van der Waals surface area contributed by atoms with Gasteiger partial charge in [0.25, 0.3) is 11.7 Å². The number of carbonyl (C=O) groups excluding carboxylic acids is 3. The summed E-state index contributed by atoms with van der Waals surface area (Å²) in [5.74, 6) is -1.76. The molecule has 1 unspecified atom stereocenters. The molecule has 1 aliphatic rings. The van der Waals surface area contributed by atoms with E-state index >= 15 is 0 Å². The van der Waals surface area contributed by atoms with Crippen molar-refractivity contribution in [1.82, 2.24) is 9.88 Å². The van der Waals surface area contributed by atoms with Crippen LogP contribution in [0.4, 0.5) is 0 Å². The van der Waals surface area contributed by atoms with Gasteiger partial charge in [-0.05, 0) is 55.3 Å². The van der Waals surface area contributed by atoms with Crippen molar-refractivity contribution in [2.75, 3.05) is 7.11 Å². The maximum atomic E-state index is 13.2. The lowest BCUT2D eigenvalue weighted by Gasteiger charge is -2.25. The van der Waals surface area contributed by atoms with E-state index in [1.807, 2.05) is 0 Å². The van der Waals surface area contributed by atoms with Crippen LogP contribution in [0, 0.1) is 0 Å². The number of aromatic nitrogens is 1. The van der Waals surface area contributed by atoms with Gasteiger partial charge < -0.3 is 19.5 Å². The van der Waals surface area contributed by atoms with Crippen molar-refractivity contribution in [3.63, 3.8) is 0 Å². The Morgan fingerprint density at radius 2 is 1.81 bits per heavy atom. The van der Waals surface area contributed by atoms with Crippen molar-refractivity contribution in [1.29, 1.82) is 0 Å². The number of hydrogen-bond donors (Lipinski definition) is 1. The number of aliphatic hydroxyl groups excluding tert-OH is 1. The van der Waals surface area contributed by atoms with Crippen molar-refractivity contribution < 1.29 is 29.0 Å². The van der Waals surface area contributed by atoms with E-state index in [4.69, 9.17) is 9.47 Å². The molecule has 36 heavy (non-hydrogen) atoms. The number of aliphatic hydroxyl groups is 1. The first-order valence-electron chi connectivity index (χ1n) is 11.4. The first kappa shape index (κ1) is 24.7. The van der Waals surface area contributed by atoms with Gasteiger partial charge >= 0.3 is 5.97 Å². The molecule has 0 aliphatic carbocycles. The van der Waals surface area contributed by atoms with Gasteiger partial charge in [-0.2, -0.15) is 0 Å². The predicted octanol–water partition coefficient (Wildman–Crippen LogP) is 4.28. The predicted molar refractivity (Wildman–Crippen MR) is 132 cm³/mol.